The third kappa shape index (κ3) is 2.81. The van der Waals surface area contributed by atoms with Crippen LogP contribution in [0.5, 0.6) is 0 Å². The Morgan fingerprint density at radius 2 is 2.42 bits per heavy atom. The fourth-order valence-electron chi connectivity index (χ4n) is 2.84. The minimum Gasteiger partial charge on any atom is -0.338 e. The highest BCUT2D eigenvalue weighted by atomic mass is 16.2. The van der Waals surface area contributed by atoms with Gasteiger partial charge in [0.15, 0.2) is 0 Å². The summed E-state index contributed by atoms with van der Waals surface area (Å²) in [4.78, 5) is 18.8. The molecule has 1 fully saturated rings. The Morgan fingerprint density at radius 3 is 2.95 bits per heavy atom. The van der Waals surface area contributed by atoms with Crippen LogP contribution in [0.4, 0.5) is 0 Å². The molecule has 1 amide bonds. The largest absolute Gasteiger partial charge is 0.338 e. The van der Waals surface area contributed by atoms with E-state index >= 15 is 0 Å². The van der Waals surface area contributed by atoms with E-state index in [2.05, 4.69) is 17.2 Å². The van der Waals surface area contributed by atoms with Crippen LogP contribution in [0, 0.1) is 5.41 Å². The lowest BCUT2D eigenvalue weighted by Crippen LogP contribution is -2.50. The van der Waals surface area contributed by atoms with Gasteiger partial charge in [-0.3, -0.25) is 4.79 Å². The van der Waals surface area contributed by atoms with Crippen LogP contribution in [0.15, 0.2) is 12.4 Å². The summed E-state index contributed by atoms with van der Waals surface area (Å²) < 4.78 is 1.96. The molecular weight excluding hydrogens is 240 g/mol. The molecule has 19 heavy (non-hydrogen) atoms. The monoisotopic (exact) mass is 264 g/mol. The van der Waals surface area contributed by atoms with Gasteiger partial charge in [0.05, 0.1) is 12.0 Å². The third-order valence-corrected chi connectivity index (χ3v) is 4.25. The molecule has 1 N–H and O–H groups in total. The molecule has 1 aromatic rings. The topological polar surface area (TPSA) is 50.2 Å². The molecular formula is C14H24N4O. The summed E-state index contributed by atoms with van der Waals surface area (Å²) in [6.07, 6.45) is 6.64. The fourth-order valence-corrected chi connectivity index (χ4v) is 2.84. The Balaban J connectivity index is 2.07. The molecule has 0 spiro atoms. The first-order chi connectivity index (χ1) is 9.09. The van der Waals surface area contributed by atoms with Gasteiger partial charge < -0.3 is 14.8 Å². The van der Waals surface area contributed by atoms with Crippen LogP contribution in [-0.4, -0.2) is 40.5 Å². The van der Waals surface area contributed by atoms with Gasteiger partial charge in [-0.2, -0.15) is 0 Å². The Hall–Kier alpha value is -1.36. The average Bonchev–Trinajstić information content (AvgIpc) is 2.84. The number of aromatic nitrogens is 2. The standard InChI is InChI=1S/C14H24N4O/c1-4-14(6-5-7-15-11-14)13(19)18(3)10-12-16-8-9-17(12)2/h8-9,15H,4-7,10-11H2,1-3H3. The summed E-state index contributed by atoms with van der Waals surface area (Å²) in [5, 5.41) is 3.36. The van der Waals surface area contributed by atoms with Crippen molar-refractivity contribution >= 4 is 5.91 Å². The predicted octanol–water partition coefficient (Wildman–Crippen LogP) is 1.16. The van der Waals surface area contributed by atoms with Crippen LogP contribution < -0.4 is 5.32 Å². The van der Waals surface area contributed by atoms with E-state index in [9.17, 15) is 4.79 Å². The average molecular weight is 264 g/mol. The molecule has 1 atom stereocenters. The van der Waals surface area contributed by atoms with Crippen molar-refractivity contribution in [3.63, 3.8) is 0 Å². The summed E-state index contributed by atoms with van der Waals surface area (Å²) >= 11 is 0. The lowest BCUT2D eigenvalue weighted by atomic mass is 9.77. The molecule has 1 aliphatic rings. The summed E-state index contributed by atoms with van der Waals surface area (Å²) in [7, 11) is 3.83. The van der Waals surface area contributed by atoms with Gasteiger partial charge in [-0.25, -0.2) is 4.98 Å². The van der Waals surface area contributed by atoms with Gasteiger partial charge in [0.1, 0.15) is 5.82 Å². The maximum atomic E-state index is 12.7. The number of rotatable bonds is 4. The SMILES string of the molecule is CCC1(C(=O)N(C)Cc2nccn2C)CCCNC1. The molecule has 1 aliphatic heterocycles. The highest BCUT2D eigenvalue weighted by Gasteiger charge is 2.39. The zero-order chi connectivity index (χ0) is 13.9. The molecule has 5 heteroatoms. The number of aryl methyl sites for hydroxylation is 1. The van der Waals surface area contributed by atoms with E-state index in [4.69, 9.17) is 0 Å². The van der Waals surface area contributed by atoms with Gasteiger partial charge in [-0.15, -0.1) is 0 Å². The van der Waals surface area contributed by atoms with Crippen molar-refractivity contribution in [2.75, 3.05) is 20.1 Å². The van der Waals surface area contributed by atoms with Crippen molar-refractivity contribution in [1.29, 1.82) is 0 Å². The van der Waals surface area contributed by atoms with Crippen LogP contribution in [0.1, 0.15) is 32.0 Å². The zero-order valence-electron chi connectivity index (χ0n) is 12.1. The molecule has 106 valence electrons. The number of nitrogens with zero attached hydrogens (tertiary/aromatic N) is 3. The highest BCUT2D eigenvalue weighted by molar-refractivity contribution is 5.82. The summed E-state index contributed by atoms with van der Waals surface area (Å²) in [6, 6.07) is 0. The smallest absolute Gasteiger partial charge is 0.230 e. The number of hydrogen-bond donors (Lipinski definition) is 1. The number of hydrogen-bond acceptors (Lipinski definition) is 3. The van der Waals surface area contributed by atoms with Gasteiger partial charge in [0, 0.05) is 33.0 Å². The molecule has 2 heterocycles. The van der Waals surface area contributed by atoms with Gasteiger partial charge in [0.25, 0.3) is 0 Å². The highest BCUT2D eigenvalue weighted by Crippen LogP contribution is 2.32. The number of amides is 1. The van der Waals surface area contributed by atoms with Crippen LogP contribution in [-0.2, 0) is 18.4 Å². The lowest BCUT2D eigenvalue weighted by Gasteiger charge is -2.38. The number of carbonyl (C=O) groups is 1. The first-order valence-electron chi connectivity index (χ1n) is 7.01. The van der Waals surface area contributed by atoms with Crippen LogP contribution in [0.3, 0.4) is 0 Å². The van der Waals surface area contributed by atoms with Gasteiger partial charge >= 0.3 is 0 Å². The van der Waals surface area contributed by atoms with Gasteiger partial charge in [0.2, 0.25) is 5.91 Å². The van der Waals surface area contributed by atoms with Crippen molar-refractivity contribution in [2.24, 2.45) is 12.5 Å². The Morgan fingerprint density at radius 1 is 1.63 bits per heavy atom. The summed E-state index contributed by atoms with van der Waals surface area (Å²) in [5.41, 5.74) is -0.224. The quantitative estimate of drug-likeness (QED) is 0.888. The number of imidazole rings is 1. The van der Waals surface area contributed by atoms with Crippen molar-refractivity contribution in [3.05, 3.63) is 18.2 Å². The third-order valence-electron chi connectivity index (χ3n) is 4.25. The lowest BCUT2D eigenvalue weighted by molar-refractivity contribution is -0.142. The second-order valence-electron chi connectivity index (χ2n) is 5.53. The molecule has 5 nitrogen and oxygen atoms in total. The van der Waals surface area contributed by atoms with E-state index in [1.807, 2.05) is 29.8 Å². The predicted molar refractivity (Wildman–Crippen MR) is 74.5 cm³/mol. The van der Waals surface area contributed by atoms with E-state index < -0.39 is 0 Å². The van der Waals surface area contributed by atoms with Crippen molar-refractivity contribution in [2.45, 2.75) is 32.7 Å². The molecule has 1 aromatic heterocycles. The van der Waals surface area contributed by atoms with Crippen LogP contribution in [0.25, 0.3) is 0 Å². The molecule has 0 bridgehead atoms. The number of piperidine rings is 1. The molecule has 0 saturated carbocycles. The van der Waals surface area contributed by atoms with Crippen molar-refractivity contribution in [1.82, 2.24) is 19.8 Å². The number of nitrogens with one attached hydrogen (secondary N) is 1. The minimum absolute atomic E-state index is 0.224. The first-order valence-corrected chi connectivity index (χ1v) is 7.01. The van der Waals surface area contributed by atoms with Gasteiger partial charge in [-0.05, 0) is 25.8 Å². The Kier molecular flexibility index (Phi) is 4.24. The Labute approximate surface area is 115 Å². The zero-order valence-corrected chi connectivity index (χ0v) is 12.1. The van der Waals surface area contributed by atoms with Crippen molar-refractivity contribution in [3.8, 4) is 0 Å². The minimum atomic E-state index is -0.224. The second kappa shape index (κ2) is 5.74. The second-order valence-corrected chi connectivity index (χ2v) is 5.53. The van der Waals surface area contributed by atoms with Crippen LogP contribution in [0.2, 0.25) is 0 Å². The van der Waals surface area contributed by atoms with Gasteiger partial charge in [-0.1, -0.05) is 6.92 Å². The van der Waals surface area contributed by atoms with E-state index in [0.717, 1.165) is 38.2 Å². The van der Waals surface area contributed by atoms with E-state index in [0.29, 0.717) is 6.54 Å². The molecule has 0 aliphatic carbocycles. The Bertz CT molecular complexity index is 434. The van der Waals surface area contributed by atoms with E-state index in [1.54, 1.807) is 6.20 Å². The van der Waals surface area contributed by atoms with Crippen LogP contribution >= 0.6 is 0 Å². The molecule has 0 radical (unpaired) electrons. The summed E-state index contributed by atoms with van der Waals surface area (Å²) in [6.45, 7) is 4.51. The molecule has 0 aromatic carbocycles. The molecule has 2 rings (SSSR count). The van der Waals surface area contributed by atoms with E-state index in [1.165, 1.54) is 0 Å². The van der Waals surface area contributed by atoms with E-state index in [-0.39, 0.29) is 11.3 Å². The maximum Gasteiger partial charge on any atom is 0.230 e. The first kappa shape index (κ1) is 14.1. The normalized spacial score (nSPS) is 23.3. The fraction of sp³-hybridized carbons (Fsp3) is 0.714. The summed E-state index contributed by atoms with van der Waals surface area (Å²) in [5.74, 6) is 1.16. The molecule has 1 unspecified atom stereocenters. The molecule has 1 saturated heterocycles. The van der Waals surface area contributed by atoms with Crippen molar-refractivity contribution < 1.29 is 4.79 Å². The maximum absolute atomic E-state index is 12.7. The number of carbonyl (C=O) groups excluding carboxylic acids is 1.